The maximum Gasteiger partial charge on any atom is 0.0542 e. The summed E-state index contributed by atoms with van der Waals surface area (Å²) in [5, 5.41) is 0. The van der Waals surface area contributed by atoms with Crippen molar-refractivity contribution in [3.8, 4) is 0 Å². The average Bonchev–Trinajstić information content (AvgIpc) is 1.91. The van der Waals surface area contributed by atoms with Crippen LogP contribution in [0, 0.1) is 0 Å². The molecule has 1 rings (SSSR count). The molecule has 0 bridgehead atoms. The van der Waals surface area contributed by atoms with Gasteiger partial charge in [-0.1, -0.05) is 28.7 Å². The highest BCUT2D eigenvalue weighted by atomic mass is 32.2. The molecule has 0 aromatic carbocycles. The van der Waals surface area contributed by atoms with E-state index in [0.717, 1.165) is 4.20 Å². The van der Waals surface area contributed by atoms with Crippen molar-refractivity contribution < 1.29 is 0 Å². The highest BCUT2D eigenvalue weighted by Crippen LogP contribution is 2.24. The van der Waals surface area contributed by atoms with Crippen molar-refractivity contribution in [1.29, 1.82) is 0 Å². The molecule has 1 fully saturated rings. The quantitative estimate of drug-likeness (QED) is 0.329. The number of hydrogen-bond donors (Lipinski definition) is 1. The Kier molecular flexibility index (Phi) is 2.30. The van der Waals surface area contributed by atoms with Crippen LogP contribution in [0.15, 0.2) is 0 Å². The van der Waals surface area contributed by atoms with E-state index >= 15 is 0 Å². The van der Waals surface area contributed by atoms with Gasteiger partial charge in [0.25, 0.3) is 0 Å². The molecule has 1 aliphatic rings. The monoisotopic (exact) mass is 168 g/mol. The molecule has 1 atom stereocenters. The lowest BCUT2D eigenvalue weighted by Gasteiger charge is -2.08. The predicted molar refractivity (Wildman–Crippen MR) is 42.1 cm³/mol. The van der Waals surface area contributed by atoms with E-state index < -0.39 is 0 Å². The van der Waals surface area contributed by atoms with Crippen molar-refractivity contribution >= 4 is 52.9 Å². The zero-order valence-corrected chi connectivity index (χ0v) is 6.48. The van der Waals surface area contributed by atoms with Crippen LogP contribution in [0.25, 0.3) is 0 Å². The minimum Gasteiger partial charge on any atom is -0.771 e. The largest absolute Gasteiger partial charge is 0.771 e. The first-order valence-corrected chi connectivity index (χ1v) is 4.15. The molecule has 0 aliphatic carbocycles. The predicted octanol–water partition coefficient (Wildman–Crippen LogP) is 1.09. The second kappa shape index (κ2) is 2.59. The van der Waals surface area contributed by atoms with Gasteiger partial charge in [0, 0.05) is 0 Å². The number of hydrogen-bond acceptors (Lipinski definition) is 5. The van der Waals surface area contributed by atoms with Crippen LogP contribution >= 0.6 is 36.1 Å². The van der Waals surface area contributed by atoms with Gasteiger partial charge in [-0.3, -0.25) is 0 Å². The smallest absolute Gasteiger partial charge is 0.0542 e. The molecule has 1 unspecified atom stereocenters. The van der Waals surface area contributed by atoms with Gasteiger partial charge in [0.15, 0.2) is 0 Å². The second-order valence-corrected chi connectivity index (χ2v) is 4.44. The van der Waals surface area contributed by atoms with E-state index in [0.29, 0.717) is 0 Å². The maximum absolute atomic E-state index is 4.86. The molecule has 40 valence electrons. The van der Waals surface area contributed by atoms with Crippen molar-refractivity contribution in [1.82, 2.24) is 4.13 Å². The zero-order valence-electron chi connectivity index (χ0n) is 3.21. The van der Waals surface area contributed by atoms with Gasteiger partial charge in [-0.25, -0.2) is 4.13 Å². The first kappa shape index (κ1) is 6.22. The first-order valence-electron chi connectivity index (χ1n) is 1.58. The topological polar surface area (TPSA) is 12.0 Å². The SMILES string of the molecule is S=C1SNSC1[S-]. The Bertz CT molecular complexity index is 91.7. The Morgan fingerprint density at radius 1 is 1.86 bits per heavy atom. The molecule has 1 nitrogen and oxygen atoms in total. The molecule has 1 N–H and O–H groups in total. The minimum atomic E-state index is 0.0972. The summed E-state index contributed by atoms with van der Waals surface area (Å²) in [6, 6.07) is 0. The third kappa shape index (κ3) is 1.50. The molecule has 1 heterocycles. The number of thiocarbonyl (C=S) groups is 1. The van der Waals surface area contributed by atoms with Crippen LogP contribution in [-0.2, 0) is 12.6 Å². The third-order valence-corrected chi connectivity index (χ3v) is 3.70. The van der Waals surface area contributed by atoms with Crippen LogP contribution in [0.3, 0.4) is 0 Å². The zero-order chi connectivity index (χ0) is 5.28. The molecule has 1 aliphatic heterocycles. The lowest BCUT2D eigenvalue weighted by Crippen LogP contribution is -1.98. The normalized spacial score (nSPS) is 31.6. The summed E-state index contributed by atoms with van der Waals surface area (Å²) in [4.78, 5) is 0. The van der Waals surface area contributed by atoms with Crippen molar-refractivity contribution in [3.05, 3.63) is 0 Å². The van der Waals surface area contributed by atoms with Crippen LogP contribution in [-0.4, -0.2) is 8.78 Å². The molecule has 7 heavy (non-hydrogen) atoms. The third-order valence-electron chi connectivity index (χ3n) is 0.490. The molecule has 0 aromatic heterocycles. The Morgan fingerprint density at radius 2 is 2.57 bits per heavy atom. The highest BCUT2D eigenvalue weighted by molar-refractivity contribution is 8.34. The molecule has 0 amide bonds. The summed E-state index contributed by atoms with van der Waals surface area (Å²) in [5.41, 5.74) is 0. The standard InChI is InChI=1S/C2H3NS4/c4-1-2(5)7-3-6-1/h1,3-4H/p-1. The summed E-state index contributed by atoms with van der Waals surface area (Å²) in [6.07, 6.45) is 0. The lowest BCUT2D eigenvalue weighted by molar-refractivity contribution is 1.77. The van der Waals surface area contributed by atoms with Gasteiger partial charge < -0.3 is 12.6 Å². The van der Waals surface area contributed by atoms with Gasteiger partial charge in [0.05, 0.1) is 4.20 Å². The van der Waals surface area contributed by atoms with E-state index in [4.69, 9.17) is 24.8 Å². The van der Waals surface area contributed by atoms with Gasteiger partial charge in [-0.15, -0.1) is 0 Å². The van der Waals surface area contributed by atoms with E-state index in [2.05, 4.69) is 4.13 Å². The van der Waals surface area contributed by atoms with Gasteiger partial charge >= 0.3 is 0 Å². The summed E-state index contributed by atoms with van der Waals surface area (Å²) in [5.74, 6) is 0. The van der Waals surface area contributed by atoms with Crippen LogP contribution in [0.4, 0.5) is 0 Å². The minimum absolute atomic E-state index is 0.0972. The van der Waals surface area contributed by atoms with E-state index in [1.54, 1.807) is 0 Å². The van der Waals surface area contributed by atoms with Gasteiger partial charge in [-0.2, -0.15) is 0 Å². The Labute approximate surface area is 61.7 Å². The Morgan fingerprint density at radius 3 is 2.71 bits per heavy atom. The van der Waals surface area contributed by atoms with Gasteiger partial charge in [-0.05, 0) is 11.9 Å². The molecule has 0 radical (unpaired) electrons. The maximum atomic E-state index is 4.86. The molecule has 0 aromatic rings. The molecular weight excluding hydrogens is 166 g/mol. The van der Waals surface area contributed by atoms with E-state index in [-0.39, 0.29) is 4.58 Å². The second-order valence-electron chi connectivity index (χ2n) is 0.954. The summed E-state index contributed by atoms with van der Waals surface area (Å²) < 4.78 is 3.88. The van der Waals surface area contributed by atoms with Crippen LogP contribution in [0.2, 0.25) is 0 Å². The van der Waals surface area contributed by atoms with Gasteiger partial charge in [0.2, 0.25) is 0 Å². The molecule has 0 spiro atoms. The summed E-state index contributed by atoms with van der Waals surface area (Å²) in [7, 11) is 0. The van der Waals surface area contributed by atoms with E-state index in [1.807, 2.05) is 0 Å². The fourth-order valence-electron chi connectivity index (χ4n) is 0.205. The van der Waals surface area contributed by atoms with Crippen LogP contribution in [0.5, 0.6) is 0 Å². The fourth-order valence-corrected chi connectivity index (χ4v) is 2.51. The van der Waals surface area contributed by atoms with Crippen molar-refractivity contribution in [2.45, 2.75) is 4.58 Å². The van der Waals surface area contributed by atoms with Crippen molar-refractivity contribution in [3.63, 3.8) is 0 Å². The molecule has 0 saturated carbocycles. The fraction of sp³-hybridized carbons (Fsp3) is 0.500. The average molecular weight is 168 g/mol. The summed E-state index contributed by atoms with van der Waals surface area (Å²) >= 11 is 12.6. The molecule has 1 saturated heterocycles. The lowest BCUT2D eigenvalue weighted by atomic mass is 10.9. The number of rotatable bonds is 0. The van der Waals surface area contributed by atoms with Crippen molar-refractivity contribution in [2.24, 2.45) is 0 Å². The van der Waals surface area contributed by atoms with E-state index in [1.165, 1.54) is 23.9 Å². The highest BCUT2D eigenvalue weighted by Gasteiger charge is 2.08. The van der Waals surface area contributed by atoms with E-state index in [9.17, 15) is 0 Å². The Balaban J connectivity index is 2.48. The summed E-state index contributed by atoms with van der Waals surface area (Å²) in [6.45, 7) is 0. The van der Waals surface area contributed by atoms with Gasteiger partial charge in [0.1, 0.15) is 0 Å². The van der Waals surface area contributed by atoms with Crippen molar-refractivity contribution in [2.75, 3.05) is 0 Å². The first-order chi connectivity index (χ1) is 3.30. The molecular formula is C2H2NS4-. The molecule has 5 heteroatoms. The van der Waals surface area contributed by atoms with Crippen LogP contribution in [0.1, 0.15) is 0 Å². The number of nitrogens with one attached hydrogen (secondary N) is 1. The Hall–Kier alpha value is 1.10. The van der Waals surface area contributed by atoms with Crippen LogP contribution < -0.4 is 4.13 Å².